The molecule has 3 aromatic rings. The quantitative estimate of drug-likeness (QED) is 0.424. The Labute approximate surface area is 175 Å². The highest BCUT2D eigenvalue weighted by molar-refractivity contribution is 9.10. The van der Waals surface area contributed by atoms with Crippen molar-refractivity contribution in [3.63, 3.8) is 0 Å². The van der Waals surface area contributed by atoms with Crippen LogP contribution in [-0.2, 0) is 14.3 Å². The van der Waals surface area contributed by atoms with Gasteiger partial charge in [0.25, 0.3) is 0 Å². The second kappa shape index (κ2) is 7.67. The van der Waals surface area contributed by atoms with Crippen LogP contribution in [0.5, 0.6) is 5.75 Å². The number of esters is 1. The molecule has 3 aromatic carbocycles. The zero-order chi connectivity index (χ0) is 20.5. The van der Waals surface area contributed by atoms with Crippen LogP contribution in [0.4, 0.5) is 0 Å². The lowest BCUT2D eigenvalue weighted by Gasteiger charge is -2.19. The van der Waals surface area contributed by atoms with Gasteiger partial charge in [-0.15, -0.1) is 5.10 Å². The number of halogens is 1. The zero-order valence-corrected chi connectivity index (χ0v) is 17.3. The summed E-state index contributed by atoms with van der Waals surface area (Å²) in [7, 11) is 0. The van der Waals surface area contributed by atoms with Gasteiger partial charge in [-0.1, -0.05) is 58.4 Å². The number of carbonyl (C=O) groups excluding carboxylic acids is 2. The van der Waals surface area contributed by atoms with E-state index < -0.39 is 12.2 Å². The Hall–Kier alpha value is -3.19. The maximum Gasteiger partial charge on any atom is 0.308 e. The summed E-state index contributed by atoms with van der Waals surface area (Å²) in [6.45, 7) is 2.76. The number of fused-ring (bicyclic) bond motifs is 1. The summed E-state index contributed by atoms with van der Waals surface area (Å²) in [5, 5.41) is 7.47. The minimum atomic E-state index is -0.718. The van der Waals surface area contributed by atoms with E-state index in [1.54, 1.807) is 6.07 Å². The Bertz CT molecular complexity index is 1160. The van der Waals surface area contributed by atoms with E-state index in [-0.39, 0.29) is 11.8 Å². The number of ether oxygens (including phenoxy) is 2. The second-order valence-electron chi connectivity index (χ2n) is 6.55. The smallest absolute Gasteiger partial charge is 0.308 e. The normalized spacial score (nSPS) is 15.8. The number of hydrogen-bond donors (Lipinski definition) is 0. The summed E-state index contributed by atoms with van der Waals surface area (Å²) in [4.78, 5) is 23.9. The lowest BCUT2D eigenvalue weighted by Crippen LogP contribution is -2.25. The number of amides is 1. The first-order chi connectivity index (χ1) is 13.9. The molecule has 0 unspecified atom stereocenters. The van der Waals surface area contributed by atoms with Gasteiger partial charge in [0.1, 0.15) is 5.75 Å². The van der Waals surface area contributed by atoms with Crippen molar-refractivity contribution in [3.05, 3.63) is 76.3 Å². The summed E-state index contributed by atoms with van der Waals surface area (Å²) >= 11 is 3.44. The maximum absolute atomic E-state index is 12.3. The van der Waals surface area contributed by atoms with E-state index in [4.69, 9.17) is 9.47 Å². The fourth-order valence-electron chi connectivity index (χ4n) is 3.26. The number of benzene rings is 3. The Kier molecular flexibility index (Phi) is 5.07. The highest BCUT2D eigenvalue weighted by atomic mass is 79.9. The first-order valence-electron chi connectivity index (χ1n) is 8.95. The molecule has 0 N–H and O–H groups in total. The third-order valence-corrected chi connectivity index (χ3v) is 4.95. The fourth-order valence-corrected chi connectivity index (χ4v) is 3.67. The van der Waals surface area contributed by atoms with Gasteiger partial charge in [-0.25, -0.2) is 0 Å². The molecule has 146 valence electrons. The van der Waals surface area contributed by atoms with Crippen molar-refractivity contribution in [2.75, 3.05) is 0 Å². The van der Waals surface area contributed by atoms with Gasteiger partial charge in [0, 0.05) is 23.9 Å². The number of rotatable bonds is 3. The minimum Gasteiger partial charge on any atom is -0.446 e. The molecule has 0 fully saturated rings. The van der Waals surface area contributed by atoms with Gasteiger partial charge in [-0.2, -0.15) is 5.01 Å². The molecule has 0 saturated carbocycles. The van der Waals surface area contributed by atoms with Crippen LogP contribution < -0.4 is 4.74 Å². The van der Waals surface area contributed by atoms with Crippen molar-refractivity contribution >= 4 is 44.5 Å². The molecule has 0 saturated heterocycles. The number of carbonyl (C=O) groups is 2. The van der Waals surface area contributed by atoms with Crippen LogP contribution in [-0.4, -0.2) is 22.8 Å². The first kappa shape index (κ1) is 19.1. The Balaban J connectivity index is 1.86. The van der Waals surface area contributed by atoms with Crippen LogP contribution in [0.25, 0.3) is 10.8 Å². The van der Waals surface area contributed by atoms with Gasteiger partial charge in [0.05, 0.1) is 5.56 Å². The number of hydrogen-bond acceptors (Lipinski definition) is 5. The SMILES string of the molecule is CC(=O)Oc1ccc2ccccc2c1C1=NN(C(C)=O)[C@@H](c2cccc(Br)c2)O1. The molecule has 0 radical (unpaired) electrons. The molecule has 1 aliphatic heterocycles. The third kappa shape index (κ3) is 3.73. The van der Waals surface area contributed by atoms with E-state index in [0.717, 1.165) is 20.8 Å². The largest absolute Gasteiger partial charge is 0.446 e. The summed E-state index contributed by atoms with van der Waals surface area (Å²) < 4.78 is 12.4. The molecule has 0 aromatic heterocycles. The number of hydrazone groups is 1. The number of nitrogens with zero attached hydrogens (tertiary/aromatic N) is 2. The topological polar surface area (TPSA) is 68.2 Å². The molecule has 1 heterocycles. The summed E-state index contributed by atoms with van der Waals surface area (Å²) in [5.74, 6) is -0.169. The summed E-state index contributed by atoms with van der Waals surface area (Å²) in [5.41, 5.74) is 1.30. The van der Waals surface area contributed by atoms with Crippen LogP contribution in [0.3, 0.4) is 0 Å². The first-order valence-corrected chi connectivity index (χ1v) is 9.74. The summed E-state index contributed by atoms with van der Waals surface area (Å²) in [6, 6.07) is 18.7. The van der Waals surface area contributed by atoms with E-state index in [1.807, 2.05) is 54.6 Å². The molecule has 1 amide bonds. The van der Waals surface area contributed by atoms with Crippen LogP contribution in [0, 0.1) is 0 Å². The van der Waals surface area contributed by atoms with Crippen LogP contribution in [0.2, 0.25) is 0 Å². The van der Waals surface area contributed by atoms with Gasteiger partial charge in [-0.05, 0) is 29.0 Å². The molecule has 1 atom stereocenters. The van der Waals surface area contributed by atoms with E-state index in [9.17, 15) is 9.59 Å². The van der Waals surface area contributed by atoms with Gasteiger partial charge in [-0.3, -0.25) is 9.59 Å². The van der Waals surface area contributed by atoms with E-state index in [2.05, 4.69) is 21.0 Å². The fraction of sp³-hybridized carbons (Fsp3) is 0.136. The van der Waals surface area contributed by atoms with Crippen molar-refractivity contribution in [1.82, 2.24) is 5.01 Å². The zero-order valence-electron chi connectivity index (χ0n) is 15.8. The molecule has 0 bridgehead atoms. The lowest BCUT2D eigenvalue weighted by molar-refractivity contribution is -0.135. The average Bonchev–Trinajstić information content (AvgIpc) is 3.13. The molecule has 0 spiro atoms. The van der Waals surface area contributed by atoms with Crippen LogP contribution in [0.1, 0.15) is 31.2 Å². The Morgan fingerprint density at radius 2 is 1.86 bits per heavy atom. The van der Waals surface area contributed by atoms with Crippen LogP contribution in [0.15, 0.2) is 70.2 Å². The monoisotopic (exact) mass is 452 g/mol. The standard InChI is InChI=1S/C22H17BrN2O4/c1-13(26)25-22(16-7-5-8-17(23)12-16)29-21(24-25)20-18-9-4-3-6-15(18)10-11-19(20)28-14(2)27/h3-12,22H,1-2H3/t22-/m1/s1. The third-order valence-electron chi connectivity index (χ3n) is 4.46. The lowest BCUT2D eigenvalue weighted by atomic mass is 10.0. The van der Waals surface area contributed by atoms with Crippen molar-refractivity contribution in [1.29, 1.82) is 0 Å². The van der Waals surface area contributed by atoms with Crippen molar-refractivity contribution in [2.24, 2.45) is 5.10 Å². The Morgan fingerprint density at radius 1 is 1.07 bits per heavy atom. The molecular formula is C22H17BrN2O4. The predicted octanol–water partition coefficient (Wildman–Crippen LogP) is 4.77. The van der Waals surface area contributed by atoms with Gasteiger partial charge in [0.2, 0.25) is 18.0 Å². The van der Waals surface area contributed by atoms with E-state index >= 15 is 0 Å². The average molecular weight is 453 g/mol. The van der Waals surface area contributed by atoms with Crippen molar-refractivity contribution in [3.8, 4) is 5.75 Å². The minimum absolute atomic E-state index is 0.221. The van der Waals surface area contributed by atoms with Crippen molar-refractivity contribution < 1.29 is 19.1 Å². The molecule has 29 heavy (non-hydrogen) atoms. The molecular weight excluding hydrogens is 436 g/mol. The molecule has 0 aliphatic carbocycles. The Morgan fingerprint density at radius 3 is 2.59 bits per heavy atom. The van der Waals surface area contributed by atoms with Crippen molar-refractivity contribution in [2.45, 2.75) is 20.1 Å². The van der Waals surface area contributed by atoms with Gasteiger partial charge < -0.3 is 9.47 Å². The maximum atomic E-state index is 12.3. The molecule has 4 rings (SSSR count). The van der Waals surface area contributed by atoms with Gasteiger partial charge >= 0.3 is 5.97 Å². The van der Waals surface area contributed by atoms with Crippen LogP contribution >= 0.6 is 15.9 Å². The van der Waals surface area contributed by atoms with E-state index in [1.165, 1.54) is 18.9 Å². The summed E-state index contributed by atoms with van der Waals surface area (Å²) in [6.07, 6.45) is -0.718. The highest BCUT2D eigenvalue weighted by Crippen LogP contribution is 2.36. The molecule has 6 nitrogen and oxygen atoms in total. The van der Waals surface area contributed by atoms with E-state index in [0.29, 0.717) is 11.3 Å². The second-order valence-corrected chi connectivity index (χ2v) is 7.46. The highest BCUT2D eigenvalue weighted by Gasteiger charge is 2.35. The molecule has 1 aliphatic rings. The van der Waals surface area contributed by atoms with Gasteiger partial charge in [0.15, 0.2) is 0 Å². The predicted molar refractivity (Wildman–Crippen MR) is 112 cm³/mol. The molecule has 7 heteroatoms.